The molecule has 0 unspecified atom stereocenters. The molecule has 0 saturated heterocycles. The van der Waals surface area contributed by atoms with Gasteiger partial charge in [-0.1, -0.05) is 15.9 Å². The Bertz CT molecular complexity index is 417. The second-order valence-corrected chi connectivity index (χ2v) is 4.16. The van der Waals surface area contributed by atoms with Crippen molar-refractivity contribution >= 4 is 27.7 Å². The van der Waals surface area contributed by atoms with E-state index in [4.69, 9.17) is 0 Å². The van der Waals surface area contributed by atoms with E-state index in [9.17, 15) is 9.59 Å². The SMILES string of the molecule is CC(=O)Nc1ccn(CCCCBr)c(=O)n1. The van der Waals surface area contributed by atoms with Gasteiger partial charge in [-0.05, 0) is 18.9 Å². The Balaban J connectivity index is 2.68. The van der Waals surface area contributed by atoms with Crippen LogP contribution in [0.2, 0.25) is 0 Å². The summed E-state index contributed by atoms with van der Waals surface area (Å²) in [6.45, 7) is 2.03. The average molecular weight is 288 g/mol. The summed E-state index contributed by atoms with van der Waals surface area (Å²) >= 11 is 3.33. The van der Waals surface area contributed by atoms with E-state index in [1.54, 1.807) is 12.3 Å². The molecule has 1 aromatic heterocycles. The summed E-state index contributed by atoms with van der Waals surface area (Å²) in [5, 5.41) is 3.40. The molecule has 0 aliphatic rings. The van der Waals surface area contributed by atoms with Crippen LogP contribution in [0.25, 0.3) is 0 Å². The van der Waals surface area contributed by atoms with Crippen LogP contribution in [-0.2, 0) is 11.3 Å². The number of halogens is 1. The fourth-order valence-electron chi connectivity index (χ4n) is 1.23. The molecule has 1 amide bonds. The third-order valence-corrected chi connectivity index (χ3v) is 2.52. The lowest BCUT2D eigenvalue weighted by molar-refractivity contribution is -0.114. The van der Waals surface area contributed by atoms with Gasteiger partial charge in [-0.15, -0.1) is 0 Å². The molecule has 0 aromatic carbocycles. The number of carbonyl (C=O) groups is 1. The van der Waals surface area contributed by atoms with Crippen LogP contribution in [0.3, 0.4) is 0 Å². The van der Waals surface area contributed by atoms with Crippen LogP contribution in [0.1, 0.15) is 19.8 Å². The summed E-state index contributed by atoms with van der Waals surface area (Å²) in [6, 6.07) is 1.62. The lowest BCUT2D eigenvalue weighted by Crippen LogP contribution is -2.24. The number of aryl methyl sites for hydroxylation is 1. The number of unbranched alkanes of at least 4 members (excludes halogenated alkanes) is 1. The maximum absolute atomic E-state index is 11.5. The molecule has 1 N–H and O–H groups in total. The maximum Gasteiger partial charge on any atom is 0.349 e. The normalized spacial score (nSPS) is 10.1. The predicted octanol–water partition coefficient (Wildman–Crippen LogP) is 1.38. The summed E-state index contributed by atoms with van der Waals surface area (Å²) in [5.74, 6) is 0.0678. The molecule has 0 spiro atoms. The molecule has 1 heterocycles. The van der Waals surface area contributed by atoms with Crippen molar-refractivity contribution < 1.29 is 4.79 Å². The third-order valence-electron chi connectivity index (χ3n) is 1.96. The van der Waals surface area contributed by atoms with Gasteiger partial charge in [0.05, 0.1) is 0 Å². The highest BCUT2D eigenvalue weighted by Gasteiger charge is 2.01. The van der Waals surface area contributed by atoms with E-state index in [0.717, 1.165) is 18.2 Å². The van der Waals surface area contributed by atoms with Crippen molar-refractivity contribution in [3.8, 4) is 0 Å². The molecule has 0 saturated carbocycles. The first-order valence-electron chi connectivity index (χ1n) is 5.04. The Morgan fingerprint density at radius 2 is 2.31 bits per heavy atom. The van der Waals surface area contributed by atoms with Crippen molar-refractivity contribution in [2.45, 2.75) is 26.3 Å². The lowest BCUT2D eigenvalue weighted by atomic mass is 10.3. The molecule has 16 heavy (non-hydrogen) atoms. The van der Waals surface area contributed by atoms with Gasteiger partial charge in [-0.3, -0.25) is 9.36 Å². The van der Waals surface area contributed by atoms with Crippen molar-refractivity contribution in [3.05, 3.63) is 22.7 Å². The number of amides is 1. The maximum atomic E-state index is 11.5. The molecule has 6 heteroatoms. The number of hydrogen-bond donors (Lipinski definition) is 1. The number of nitrogens with one attached hydrogen (secondary N) is 1. The van der Waals surface area contributed by atoms with Crippen molar-refractivity contribution in [2.75, 3.05) is 10.6 Å². The standard InChI is InChI=1S/C10H14BrN3O2/c1-8(15)12-9-4-7-14(10(16)13-9)6-3-2-5-11/h4,7H,2-3,5-6H2,1H3,(H,12,13,15,16). The molecule has 5 nitrogen and oxygen atoms in total. The quantitative estimate of drug-likeness (QED) is 0.657. The summed E-state index contributed by atoms with van der Waals surface area (Å²) in [4.78, 5) is 26.0. The highest BCUT2D eigenvalue weighted by Crippen LogP contribution is 2.00. The van der Waals surface area contributed by atoms with E-state index in [2.05, 4.69) is 26.2 Å². The minimum atomic E-state index is -0.333. The molecular formula is C10H14BrN3O2. The van der Waals surface area contributed by atoms with Gasteiger partial charge in [0, 0.05) is 25.0 Å². The molecule has 0 bridgehead atoms. The summed E-state index contributed by atoms with van der Waals surface area (Å²) in [6.07, 6.45) is 3.58. The van der Waals surface area contributed by atoms with Crippen molar-refractivity contribution in [1.29, 1.82) is 0 Å². The highest BCUT2D eigenvalue weighted by molar-refractivity contribution is 9.09. The van der Waals surface area contributed by atoms with Gasteiger partial charge in [0.25, 0.3) is 0 Å². The number of nitrogens with zero attached hydrogens (tertiary/aromatic N) is 2. The Kier molecular flexibility index (Phi) is 5.18. The molecule has 88 valence electrons. The van der Waals surface area contributed by atoms with E-state index in [0.29, 0.717) is 12.4 Å². The second kappa shape index (κ2) is 6.42. The summed E-state index contributed by atoms with van der Waals surface area (Å²) < 4.78 is 1.54. The first-order valence-corrected chi connectivity index (χ1v) is 6.16. The highest BCUT2D eigenvalue weighted by atomic mass is 79.9. The number of carbonyl (C=O) groups excluding carboxylic acids is 1. The van der Waals surface area contributed by atoms with Crippen LogP contribution in [0.15, 0.2) is 17.1 Å². The van der Waals surface area contributed by atoms with Gasteiger partial charge >= 0.3 is 5.69 Å². The number of aromatic nitrogens is 2. The topological polar surface area (TPSA) is 64.0 Å². The minimum Gasteiger partial charge on any atom is -0.311 e. The van der Waals surface area contributed by atoms with E-state index in [-0.39, 0.29) is 11.6 Å². The van der Waals surface area contributed by atoms with Gasteiger partial charge in [-0.25, -0.2) is 4.79 Å². The monoisotopic (exact) mass is 287 g/mol. The fraction of sp³-hybridized carbons (Fsp3) is 0.500. The molecule has 0 radical (unpaired) electrons. The van der Waals surface area contributed by atoms with Crippen LogP contribution < -0.4 is 11.0 Å². The summed E-state index contributed by atoms with van der Waals surface area (Å²) in [5.41, 5.74) is -0.333. The van der Waals surface area contributed by atoms with E-state index in [1.807, 2.05) is 0 Å². The van der Waals surface area contributed by atoms with Gasteiger partial charge in [0.15, 0.2) is 0 Å². The van der Waals surface area contributed by atoms with E-state index in [1.165, 1.54) is 11.5 Å². The Hall–Kier alpha value is -1.17. The predicted molar refractivity (Wildman–Crippen MR) is 65.8 cm³/mol. The van der Waals surface area contributed by atoms with Crippen molar-refractivity contribution in [1.82, 2.24) is 9.55 Å². The molecule has 0 fully saturated rings. The summed E-state index contributed by atoms with van der Waals surface area (Å²) in [7, 11) is 0. The molecule has 1 rings (SSSR count). The largest absolute Gasteiger partial charge is 0.349 e. The van der Waals surface area contributed by atoms with Crippen LogP contribution in [0.4, 0.5) is 5.82 Å². The Labute approximate surface area is 102 Å². The fourth-order valence-corrected chi connectivity index (χ4v) is 1.62. The van der Waals surface area contributed by atoms with Crippen molar-refractivity contribution in [3.63, 3.8) is 0 Å². The van der Waals surface area contributed by atoms with Crippen LogP contribution in [-0.4, -0.2) is 20.8 Å². The molecular weight excluding hydrogens is 274 g/mol. The zero-order valence-corrected chi connectivity index (χ0v) is 10.7. The first-order chi connectivity index (χ1) is 7.63. The number of alkyl halides is 1. The number of hydrogen-bond acceptors (Lipinski definition) is 3. The smallest absolute Gasteiger partial charge is 0.311 e. The minimum absolute atomic E-state index is 0.232. The van der Waals surface area contributed by atoms with Crippen LogP contribution in [0.5, 0.6) is 0 Å². The Morgan fingerprint density at radius 3 is 2.88 bits per heavy atom. The van der Waals surface area contributed by atoms with E-state index >= 15 is 0 Å². The van der Waals surface area contributed by atoms with Gasteiger partial charge in [0.2, 0.25) is 5.91 Å². The number of anilines is 1. The lowest BCUT2D eigenvalue weighted by Gasteiger charge is -2.05. The average Bonchev–Trinajstić information content (AvgIpc) is 2.20. The number of rotatable bonds is 5. The molecule has 0 aliphatic heterocycles. The van der Waals surface area contributed by atoms with Gasteiger partial charge in [0.1, 0.15) is 5.82 Å². The molecule has 1 aromatic rings. The second-order valence-electron chi connectivity index (χ2n) is 3.37. The van der Waals surface area contributed by atoms with E-state index < -0.39 is 0 Å². The third kappa shape index (κ3) is 4.14. The first kappa shape index (κ1) is 12.9. The van der Waals surface area contributed by atoms with Crippen LogP contribution in [0, 0.1) is 0 Å². The molecule has 0 atom stereocenters. The van der Waals surface area contributed by atoms with Crippen molar-refractivity contribution in [2.24, 2.45) is 0 Å². The zero-order valence-electron chi connectivity index (χ0n) is 9.07. The zero-order chi connectivity index (χ0) is 12.0. The van der Waals surface area contributed by atoms with Gasteiger partial charge < -0.3 is 5.32 Å². The van der Waals surface area contributed by atoms with Crippen LogP contribution >= 0.6 is 15.9 Å². The molecule has 0 aliphatic carbocycles. The Morgan fingerprint density at radius 1 is 1.56 bits per heavy atom. The van der Waals surface area contributed by atoms with Gasteiger partial charge in [-0.2, -0.15) is 4.98 Å².